The molecule has 1 fully saturated rings. The van der Waals surface area contributed by atoms with Gasteiger partial charge < -0.3 is 4.74 Å². The first-order chi connectivity index (χ1) is 15.8. The van der Waals surface area contributed by atoms with Gasteiger partial charge in [-0.2, -0.15) is 0 Å². The largest absolute Gasteiger partial charge is 0.422 e. The van der Waals surface area contributed by atoms with E-state index in [1.54, 1.807) is 36.4 Å². The van der Waals surface area contributed by atoms with Gasteiger partial charge in [0.1, 0.15) is 5.75 Å². The third-order valence-electron chi connectivity index (χ3n) is 4.69. The number of nitrogens with zero attached hydrogens (tertiary/aromatic N) is 1. The number of imide groups is 1. The quantitative estimate of drug-likeness (QED) is 0.134. The summed E-state index contributed by atoms with van der Waals surface area (Å²) in [6.07, 6.45) is 1.55. The minimum absolute atomic E-state index is 0.161. The van der Waals surface area contributed by atoms with Crippen LogP contribution in [0.2, 0.25) is 10.0 Å². The molecule has 0 bridgehead atoms. The van der Waals surface area contributed by atoms with Gasteiger partial charge in [-0.05, 0) is 82.4 Å². The Bertz CT molecular complexity index is 1290. The minimum Gasteiger partial charge on any atom is -0.422 e. The highest BCUT2D eigenvalue weighted by atomic mass is 127. The minimum atomic E-state index is -0.663. The van der Waals surface area contributed by atoms with Crippen LogP contribution in [0.25, 0.3) is 6.08 Å². The fourth-order valence-electron chi connectivity index (χ4n) is 3.05. The third-order valence-corrected chi connectivity index (χ3v) is 6.86. The molecule has 1 heterocycles. The molecule has 0 radical (unpaired) electrons. The molecule has 2 amide bonds. The van der Waals surface area contributed by atoms with Crippen LogP contribution in [-0.2, 0) is 11.3 Å². The van der Waals surface area contributed by atoms with Crippen LogP contribution in [0.15, 0.2) is 71.6 Å². The van der Waals surface area contributed by atoms with Crippen molar-refractivity contribution in [2.45, 2.75) is 6.54 Å². The van der Waals surface area contributed by atoms with Crippen LogP contribution in [0.1, 0.15) is 21.5 Å². The van der Waals surface area contributed by atoms with Crippen molar-refractivity contribution in [3.63, 3.8) is 0 Å². The normalized spacial score (nSPS) is 14.8. The first kappa shape index (κ1) is 23.8. The van der Waals surface area contributed by atoms with Gasteiger partial charge in [0.25, 0.3) is 11.1 Å². The zero-order valence-electron chi connectivity index (χ0n) is 16.8. The number of benzene rings is 3. The van der Waals surface area contributed by atoms with Crippen LogP contribution in [0.4, 0.5) is 4.79 Å². The Morgan fingerprint density at radius 1 is 1.03 bits per heavy atom. The molecule has 9 heteroatoms. The number of thioether (sulfide) groups is 1. The van der Waals surface area contributed by atoms with E-state index in [-0.39, 0.29) is 33.0 Å². The van der Waals surface area contributed by atoms with Gasteiger partial charge >= 0.3 is 5.97 Å². The van der Waals surface area contributed by atoms with Crippen molar-refractivity contribution in [1.29, 1.82) is 0 Å². The molecule has 0 aliphatic carbocycles. The Balaban J connectivity index is 1.56. The van der Waals surface area contributed by atoms with Crippen molar-refractivity contribution in [1.82, 2.24) is 4.90 Å². The predicted molar refractivity (Wildman–Crippen MR) is 139 cm³/mol. The number of carbonyl (C=O) groups is 3. The molecule has 4 rings (SSSR count). The van der Waals surface area contributed by atoms with Gasteiger partial charge in [0.15, 0.2) is 0 Å². The first-order valence-corrected chi connectivity index (χ1v) is 12.2. The second-order valence-electron chi connectivity index (χ2n) is 6.95. The van der Waals surface area contributed by atoms with E-state index in [4.69, 9.17) is 27.9 Å². The van der Waals surface area contributed by atoms with E-state index in [0.717, 1.165) is 20.9 Å². The number of esters is 1. The summed E-state index contributed by atoms with van der Waals surface area (Å²) in [5.41, 5.74) is 1.50. The monoisotopic (exact) mass is 609 g/mol. The van der Waals surface area contributed by atoms with Crippen LogP contribution < -0.4 is 4.74 Å². The van der Waals surface area contributed by atoms with Gasteiger partial charge in [-0.3, -0.25) is 14.5 Å². The van der Waals surface area contributed by atoms with E-state index in [0.29, 0.717) is 10.6 Å². The van der Waals surface area contributed by atoms with Crippen LogP contribution in [0, 0.1) is 3.57 Å². The van der Waals surface area contributed by atoms with Crippen molar-refractivity contribution < 1.29 is 19.1 Å². The molecule has 33 heavy (non-hydrogen) atoms. The summed E-state index contributed by atoms with van der Waals surface area (Å²) in [5, 5.41) is 0.215. The van der Waals surface area contributed by atoms with E-state index >= 15 is 0 Å². The lowest BCUT2D eigenvalue weighted by Gasteiger charge is -2.12. The van der Waals surface area contributed by atoms with E-state index in [9.17, 15) is 14.4 Å². The zero-order chi connectivity index (χ0) is 23.5. The van der Waals surface area contributed by atoms with E-state index in [1.807, 2.05) is 24.3 Å². The molecule has 1 aliphatic rings. The molecule has 0 atom stereocenters. The molecule has 1 aliphatic heterocycles. The second kappa shape index (κ2) is 10.3. The molecule has 0 unspecified atom stereocenters. The Kier molecular flexibility index (Phi) is 7.43. The van der Waals surface area contributed by atoms with E-state index in [2.05, 4.69) is 22.6 Å². The van der Waals surface area contributed by atoms with Crippen molar-refractivity contribution in [2.75, 3.05) is 0 Å². The molecule has 3 aromatic carbocycles. The van der Waals surface area contributed by atoms with Gasteiger partial charge in [-0.15, -0.1) is 0 Å². The maximum absolute atomic E-state index is 12.9. The first-order valence-electron chi connectivity index (χ1n) is 9.58. The Morgan fingerprint density at radius 2 is 1.76 bits per heavy atom. The molecule has 0 spiro atoms. The number of carbonyl (C=O) groups excluding carboxylic acids is 3. The molecule has 0 saturated carbocycles. The topological polar surface area (TPSA) is 63.7 Å². The molecule has 1 saturated heterocycles. The van der Waals surface area contributed by atoms with E-state index in [1.165, 1.54) is 17.0 Å². The summed E-state index contributed by atoms with van der Waals surface area (Å²) < 4.78 is 6.59. The van der Waals surface area contributed by atoms with Crippen molar-refractivity contribution in [3.05, 3.63) is 102 Å². The van der Waals surface area contributed by atoms with Crippen LogP contribution in [0.3, 0.4) is 0 Å². The average molecular weight is 610 g/mol. The van der Waals surface area contributed by atoms with Crippen molar-refractivity contribution in [3.8, 4) is 5.75 Å². The van der Waals surface area contributed by atoms with Gasteiger partial charge in [0.05, 0.1) is 22.0 Å². The summed E-state index contributed by atoms with van der Waals surface area (Å²) in [7, 11) is 0. The molecule has 5 nitrogen and oxygen atoms in total. The molecule has 0 aromatic heterocycles. The molecule has 3 aromatic rings. The molecular formula is C24H14Cl2INO4S. The number of rotatable bonds is 5. The number of para-hydroxylation sites is 1. The summed E-state index contributed by atoms with van der Waals surface area (Å²) in [6.45, 7) is 0.185. The van der Waals surface area contributed by atoms with Gasteiger partial charge in [0, 0.05) is 14.2 Å². The fraction of sp³-hybridized carbons (Fsp3) is 0.0417. The van der Waals surface area contributed by atoms with Gasteiger partial charge in [0.2, 0.25) is 0 Å². The average Bonchev–Trinajstić information content (AvgIpc) is 3.04. The smallest absolute Gasteiger partial charge is 0.345 e. The van der Waals surface area contributed by atoms with Crippen molar-refractivity contribution >= 4 is 80.7 Å². The number of amides is 2. The Hall–Kier alpha value is -2.33. The van der Waals surface area contributed by atoms with Crippen LogP contribution in [0.5, 0.6) is 5.75 Å². The highest BCUT2D eigenvalue weighted by Crippen LogP contribution is 2.35. The molecule has 0 N–H and O–H groups in total. The number of hydrogen-bond acceptors (Lipinski definition) is 5. The highest BCUT2D eigenvalue weighted by molar-refractivity contribution is 14.1. The lowest BCUT2D eigenvalue weighted by atomic mass is 10.1. The van der Waals surface area contributed by atoms with Gasteiger partial charge in [-0.1, -0.05) is 53.5 Å². The lowest BCUT2D eigenvalue weighted by molar-refractivity contribution is -0.123. The summed E-state index contributed by atoms with van der Waals surface area (Å²) in [4.78, 5) is 39.5. The number of ether oxygens (including phenoxy) is 1. The summed E-state index contributed by atoms with van der Waals surface area (Å²) >= 11 is 15.0. The molecular weight excluding hydrogens is 596 g/mol. The fourth-order valence-corrected chi connectivity index (χ4v) is 4.73. The Morgan fingerprint density at radius 3 is 2.48 bits per heavy atom. The summed E-state index contributed by atoms with van der Waals surface area (Å²) in [5.74, 6) is -0.826. The van der Waals surface area contributed by atoms with Crippen molar-refractivity contribution in [2.24, 2.45) is 0 Å². The predicted octanol–water partition coefficient (Wildman–Crippen LogP) is 7.05. The lowest BCUT2D eigenvalue weighted by Crippen LogP contribution is -2.27. The number of halogens is 3. The molecule has 166 valence electrons. The number of hydrogen-bond donors (Lipinski definition) is 0. The summed E-state index contributed by atoms with van der Waals surface area (Å²) in [6, 6.07) is 18.8. The van der Waals surface area contributed by atoms with Gasteiger partial charge in [-0.25, -0.2) is 4.79 Å². The SMILES string of the molecule is O=C(Oc1ccccc1/C=C1\SC(=O)N(Cc2ccc(I)cc2)C1=O)c1ccc(Cl)cc1Cl. The Labute approximate surface area is 217 Å². The maximum atomic E-state index is 12.9. The van der Waals surface area contributed by atoms with Crippen LogP contribution >= 0.6 is 57.6 Å². The third kappa shape index (κ3) is 5.60. The highest BCUT2D eigenvalue weighted by Gasteiger charge is 2.35. The van der Waals surface area contributed by atoms with E-state index < -0.39 is 11.9 Å². The zero-order valence-corrected chi connectivity index (χ0v) is 21.2. The van der Waals surface area contributed by atoms with Crippen LogP contribution in [-0.4, -0.2) is 22.0 Å². The maximum Gasteiger partial charge on any atom is 0.345 e. The standard InChI is InChI=1S/C24H14Cl2INO4S/c25-16-7-10-18(19(26)12-16)23(30)32-20-4-2-1-3-15(20)11-21-22(29)28(24(31)33-21)13-14-5-8-17(27)9-6-14/h1-12H,13H2/b21-11-. The second-order valence-corrected chi connectivity index (χ2v) is 10.0.